The summed E-state index contributed by atoms with van der Waals surface area (Å²) in [5, 5.41) is 15.9. The van der Waals surface area contributed by atoms with Crippen molar-refractivity contribution in [2.45, 2.75) is 26.8 Å². The zero-order valence-corrected chi connectivity index (χ0v) is 17.0. The van der Waals surface area contributed by atoms with Crippen LogP contribution in [0.25, 0.3) is 34.1 Å². The first kappa shape index (κ1) is 19.1. The van der Waals surface area contributed by atoms with Crippen LogP contribution in [-0.2, 0) is 0 Å². The summed E-state index contributed by atoms with van der Waals surface area (Å²) in [7, 11) is 0. The van der Waals surface area contributed by atoms with E-state index in [9.17, 15) is 9.90 Å². The van der Waals surface area contributed by atoms with Gasteiger partial charge in [-0.2, -0.15) is 5.10 Å². The van der Waals surface area contributed by atoms with Crippen molar-refractivity contribution in [2.24, 2.45) is 0 Å². The minimum absolute atomic E-state index is 0.177. The molecule has 4 rings (SSSR count). The summed E-state index contributed by atoms with van der Waals surface area (Å²) in [5.74, 6) is -0.974. The normalized spacial score (nSPS) is 11.9. The molecule has 7 heteroatoms. The Kier molecular flexibility index (Phi) is 4.80. The second-order valence-electron chi connectivity index (χ2n) is 7.12. The van der Waals surface area contributed by atoms with Crippen LogP contribution in [0.5, 0.6) is 0 Å². The van der Waals surface area contributed by atoms with E-state index in [2.05, 4.69) is 15.1 Å². The maximum Gasteiger partial charge on any atom is 0.336 e. The van der Waals surface area contributed by atoms with Crippen molar-refractivity contribution in [1.82, 2.24) is 19.7 Å². The largest absolute Gasteiger partial charge is 0.478 e. The molecule has 6 nitrogen and oxygen atoms in total. The van der Waals surface area contributed by atoms with Gasteiger partial charge in [0.05, 0.1) is 23.0 Å². The molecular weight excluding hydrogens is 388 g/mol. The Bertz CT molecular complexity index is 1290. The number of pyridine rings is 2. The molecule has 0 bridgehead atoms. The Morgan fingerprint density at radius 1 is 1.21 bits per heavy atom. The molecular formula is C22H19ClN4O2. The molecule has 0 aliphatic rings. The molecule has 0 saturated carbocycles. The number of carboxylic acid groups (broad SMARTS) is 1. The van der Waals surface area contributed by atoms with Crippen molar-refractivity contribution in [3.63, 3.8) is 0 Å². The first-order valence-electron chi connectivity index (χ1n) is 9.21. The molecule has 3 aromatic heterocycles. The second-order valence-corrected chi connectivity index (χ2v) is 7.47. The molecule has 146 valence electrons. The highest BCUT2D eigenvalue weighted by atomic mass is 35.5. The van der Waals surface area contributed by atoms with Gasteiger partial charge >= 0.3 is 5.97 Å². The molecule has 3 heterocycles. The van der Waals surface area contributed by atoms with Crippen molar-refractivity contribution in [2.75, 3.05) is 0 Å². The van der Waals surface area contributed by atoms with Crippen molar-refractivity contribution in [3.8, 4) is 0 Å². The van der Waals surface area contributed by atoms with Crippen LogP contribution >= 0.6 is 11.6 Å². The Balaban J connectivity index is 1.82. The van der Waals surface area contributed by atoms with Gasteiger partial charge in [-0.1, -0.05) is 29.8 Å². The topological polar surface area (TPSA) is 80.9 Å². The summed E-state index contributed by atoms with van der Waals surface area (Å²) in [6.45, 7) is 5.83. The van der Waals surface area contributed by atoms with Gasteiger partial charge in [0, 0.05) is 22.4 Å². The highest BCUT2D eigenvalue weighted by molar-refractivity contribution is 6.31. The molecule has 0 atom stereocenters. The maximum absolute atomic E-state index is 11.8. The SMILES string of the molecule is Cc1c(C=Cc2cc3cnn(C(C)C)c3nc2Cl)nc2ccccc2c1C(=O)O. The average Bonchev–Trinajstić information content (AvgIpc) is 3.08. The fraction of sp³-hybridized carbons (Fsp3) is 0.182. The predicted molar refractivity (Wildman–Crippen MR) is 115 cm³/mol. The standard InChI is InChI=1S/C22H19ClN4O2/c1-12(2)27-21-15(11-24-27)10-14(20(23)26-21)8-9-17-13(3)19(22(28)29)16-6-4-5-7-18(16)25-17/h4-12H,1-3H3,(H,28,29). The number of hydrogen-bond acceptors (Lipinski definition) is 4. The summed E-state index contributed by atoms with van der Waals surface area (Å²) in [6, 6.07) is 9.32. The van der Waals surface area contributed by atoms with E-state index in [4.69, 9.17) is 11.6 Å². The van der Waals surface area contributed by atoms with E-state index in [1.807, 2.05) is 36.7 Å². The fourth-order valence-electron chi connectivity index (χ4n) is 3.40. The van der Waals surface area contributed by atoms with Crippen molar-refractivity contribution < 1.29 is 9.90 Å². The summed E-state index contributed by atoms with van der Waals surface area (Å²) < 4.78 is 1.82. The lowest BCUT2D eigenvalue weighted by Crippen LogP contribution is -2.04. The Morgan fingerprint density at radius 3 is 2.69 bits per heavy atom. The summed E-state index contributed by atoms with van der Waals surface area (Å²) >= 11 is 6.40. The zero-order chi connectivity index (χ0) is 20.7. The number of carboxylic acids is 1. The molecule has 1 N–H and O–H groups in total. The number of rotatable bonds is 4. The van der Waals surface area contributed by atoms with Crippen molar-refractivity contribution in [3.05, 3.63) is 64.1 Å². The van der Waals surface area contributed by atoms with E-state index < -0.39 is 5.97 Å². The smallest absolute Gasteiger partial charge is 0.336 e. The Hall–Kier alpha value is -3.25. The molecule has 29 heavy (non-hydrogen) atoms. The number of aromatic carboxylic acids is 1. The van der Waals surface area contributed by atoms with Gasteiger partial charge in [0.2, 0.25) is 0 Å². The second kappa shape index (κ2) is 7.29. The van der Waals surface area contributed by atoms with E-state index in [0.717, 1.165) is 11.0 Å². The van der Waals surface area contributed by atoms with Crippen LogP contribution in [0, 0.1) is 6.92 Å². The lowest BCUT2D eigenvalue weighted by Gasteiger charge is -2.09. The van der Waals surface area contributed by atoms with Crippen LogP contribution in [-0.4, -0.2) is 30.8 Å². The minimum atomic E-state index is -0.974. The Labute approximate surface area is 172 Å². The number of aromatic nitrogens is 4. The average molecular weight is 407 g/mol. The molecule has 0 radical (unpaired) electrons. The summed E-state index contributed by atoms with van der Waals surface area (Å²) in [5.41, 5.74) is 3.52. The van der Waals surface area contributed by atoms with Gasteiger partial charge < -0.3 is 5.11 Å². The molecule has 0 amide bonds. The van der Waals surface area contributed by atoms with Gasteiger partial charge in [0.1, 0.15) is 5.15 Å². The number of fused-ring (bicyclic) bond motifs is 2. The zero-order valence-electron chi connectivity index (χ0n) is 16.2. The number of carbonyl (C=O) groups is 1. The molecule has 4 aromatic rings. The summed E-state index contributed by atoms with van der Waals surface area (Å²) in [4.78, 5) is 20.9. The van der Waals surface area contributed by atoms with E-state index in [0.29, 0.717) is 32.9 Å². The van der Waals surface area contributed by atoms with Gasteiger partial charge in [-0.3, -0.25) is 0 Å². The highest BCUT2D eigenvalue weighted by Gasteiger charge is 2.16. The highest BCUT2D eigenvalue weighted by Crippen LogP contribution is 2.27. The third-order valence-corrected chi connectivity index (χ3v) is 5.15. The first-order valence-corrected chi connectivity index (χ1v) is 9.59. The van der Waals surface area contributed by atoms with E-state index in [1.54, 1.807) is 37.4 Å². The van der Waals surface area contributed by atoms with Gasteiger partial charge in [0.15, 0.2) is 5.65 Å². The molecule has 0 saturated heterocycles. The van der Waals surface area contributed by atoms with Crippen LogP contribution in [0.4, 0.5) is 0 Å². The summed E-state index contributed by atoms with van der Waals surface area (Å²) in [6.07, 6.45) is 5.34. The van der Waals surface area contributed by atoms with Gasteiger partial charge in [-0.25, -0.2) is 19.4 Å². The molecule has 0 spiro atoms. The number of nitrogens with zero attached hydrogens (tertiary/aromatic N) is 4. The minimum Gasteiger partial charge on any atom is -0.478 e. The van der Waals surface area contributed by atoms with Crippen LogP contribution in [0.2, 0.25) is 5.15 Å². The van der Waals surface area contributed by atoms with E-state index in [-0.39, 0.29) is 11.6 Å². The first-order chi connectivity index (χ1) is 13.9. The van der Waals surface area contributed by atoms with Crippen LogP contribution in [0.1, 0.15) is 47.1 Å². The molecule has 0 aliphatic carbocycles. The molecule has 0 unspecified atom stereocenters. The molecule has 0 aliphatic heterocycles. The van der Waals surface area contributed by atoms with Crippen LogP contribution in [0.3, 0.4) is 0 Å². The number of hydrogen-bond donors (Lipinski definition) is 1. The molecule has 0 fully saturated rings. The lowest BCUT2D eigenvalue weighted by molar-refractivity contribution is 0.0698. The Morgan fingerprint density at radius 2 is 1.97 bits per heavy atom. The van der Waals surface area contributed by atoms with E-state index >= 15 is 0 Å². The van der Waals surface area contributed by atoms with Crippen molar-refractivity contribution in [1.29, 1.82) is 0 Å². The monoisotopic (exact) mass is 406 g/mol. The van der Waals surface area contributed by atoms with Gasteiger partial charge in [-0.15, -0.1) is 0 Å². The molecule has 1 aromatic carbocycles. The van der Waals surface area contributed by atoms with Crippen LogP contribution in [0.15, 0.2) is 36.5 Å². The van der Waals surface area contributed by atoms with Gasteiger partial charge in [0.25, 0.3) is 0 Å². The third-order valence-electron chi connectivity index (χ3n) is 4.85. The van der Waals surface area contributed by atoms with E-state index in [1.165, 1.54) is 0 Å². The third kappa shape index (κ3) is 3.36. The van der Waals surface area contributed by atoms with Gasteiger partial charge in [-0.05, 0) is 50.6 Å². The predicted octanol–water partition coefficient (Wildman–Crippen LogP) is 5.39. The van der Waals surface area contributed by atoms with Crippen LogP contribution < -0.4 is 0 Å². The number of benzene rings is 1. The number of halogens is 1. The quantitative estimate of drug-likeness (QED) is 0.459. The fourth-order valence-corrected chi connectivity index (χ4v) is 3.60. The lowest BCUT2D eigenvalue weighted by atomic mass is 10.0. The van der Waals surface area contributed by atoms with Crippen molar-refractivity contribution >= 4 is 51.7 Å². The maximum atomic E-state index is 11.8. The number of para-hydroxylation sites is 1.